The normalized spacial score (nSPS) is 14.3. The lowest BCUT2D eigenvalue weighted by molar-refractivity contribution is -0.116. The van der Waals surface area contributed by atoms with E-state index in [-0.39, 0.29) is 12.3 Å². The van der Waals surface area contributed by atoms with Crippen LogP contribution >= 0.6 is 0 Å². The van der Waals surface area contributed by atoms with Gasteiger partial charge in [-0.05, 0) is 24.6 Å². The van der Waals surface area contributed by atoms with Gasteiger partial charge in [-0.15, -0.1) is 0 Å². The van der Waals surface area contributed by atoms with E-state index in [0.29, 0.717) is 5.82 Å². The summed E-state index contributed by atoms with van der Waals surface area (Å²) >= 11 is 0. The number of nitrogens with zero attached hydrogens (tertiary/aromatic N) is 4. The average molecular weight is 281 g/mol. The Morgan fingerprint density at radius 3 is 2.52 bits per heavy atom. The molecular weight excluding hydrogens is 266 g/mol. The van der Waals surface area contributed by atoms with Crippen molar-refractivity contribution >= 4 is 23.1 Å². The third-order valence-electron chi connectivity index (χ3n) is 3.27. The number of hydrogen-bond donors (Lipinski definition) is 1. The van der Waals surface area contributed by atoms with Crippen LogP contribution in [0.3, 0.4) is 0 Å². The highest BCUT2D eigenvalue weighted by atomic mass is 16.2. The number of nitrogens with one attached hydrogen (secondary N) is 1. The zero-order valence-corrected chi connectivity index (χ0v) is 11.9. The molecule has 21 heavy (non-hydrogen) atoms. The molecule has 1 aromatic heterocycles. The maximum atomic E-state index is 12.1. The molecule has 0 radical (unpaired) electrons. The SMILES string of the molecule is CNc1ccc(C2=NN(c3cnc(C)cn3)C(=O)C2)cc1. The lowest BCUT2D eigenvalue weighted by atomic mass is 10.1. The molecule has 1 aliphatic rings. The summed E-state index contributed by atoms with van der Waals surface area (Å²) in [6.45, 7) is 1.85. The van der Waals surface area contributed by atoms with Crippen LogP contribution in [-0.4, -0.2) is 28.6 Å². The Hall–Kier alpha value is -2.76. The molecule has 2 aromatic rings. The molecule has 0 unspecified atom stereocenters. The molecule has 3 rings (SSSR count). The van der Waals surface area contributed by atoms with E-state index >= 15 is 0 Å². The van der Waals surface area contributed by atoms with Crippen molar-refractivity contribution in [2.45, 2.75) is 13.3 Å². The molecule has 0 bridgehead atoms. The van der Waals surface area contributed by atoms with Gasteiger partial charge in [0.15, 0.2) is 5.82 Å². The molecule has 6 nitrogen and oxygen atoms in total. The topological polar surface area (TPSA) is 70.5 Å². The number of aryl methyl sites for hydroxylation is 1. The third kappa shape index (κ3) is 2.60. The van der Waals surface area contributed by atoms with Gasteiger partial charge in [0.1, 0.15) is 0 Å². The van der Waals surface area contributed by atoms with Gasteiger partial charge in [-0.25, -0.2) is 4.98 Å². The van der Waals surface area contributed by atoms with E-state index in [9.17, 15) is 4.79 Å². The highest BCUT2D eigenvalue weighted by Gasteiger charge is 2.27. The fourth-order valence-corrected chi connectivity index (χ4v) is 2.09. The average Bonchev–Trinajstić information content (AvgIpc) is 2.90. The van der Waals surface area contributed by atoms with Gasteiger partial charge >= 0.3 is 0 Å². The second kappa shape index (κ2) is 5.32. The first-order valence-electron chi connectivity index (χ1n) is 6.64. The largest absolute Gasteiger partial charge is 0.388 e. The van der Waals surface area contributed by atoms with Gasteiger partial charge in [0.2, 0.25) is 0 Å². The molecule has 0 spiro atoms. The molecule has 1 amide bonds. The molecule has 6 heteroatoms. The second-order valence-corrected chi connectivity index (χ2v) is 4.77. The van der Waals surface area contributed by atoms with Crippen molar-refractivity contribution in [1.82, 2.24) is 9.97 Å². The number of hydrazone groups is 1. The fourth-order valence-electron chi connectivity index (χ4n) is 2.09. The predicted octanol–water partition coefficient (Wildman–Crippen LogP) is 1.97. The van der Waals surface area contributed by atoms with E-state index in [0.717, 1.165) is 22.7 Å². The second-order valence-electron chi connectivity index (χ2n) is 4.77. The molecule has 0 fully saturated rings. The summed E-state index contributed by atoms with van der Waals surface area (Å²) in [6.07, 6.45) is 3.45. The molecular formula is C15H15N5O. The molecule has 1 aliphatic heterocycles. The molecule has 0 atom stereocenters. The molecule has 1 aromatic carbocycles. The van der Waals surface area contributed by atoms with E-state index in [1.54, 1.807) is 12.4 Å². The molecule has 2 heterocycles. The number of carbonyl (C=O) groups is 1. The van der Waals surface area contributed by atoms with Crippen LogP contribution in [0, 0.1) is 6.92 Å². The van der Waals surface area contributed by atoms with Crippen LogP contribution in [0.2, 0.25) is 0 Å². The number of anilines is 2. The first-order chi connectivity index (χ1) is 10.2. The standard InChI is InChI=1S/C15H15N5O/c1-10-8-18-14(9-17-10)20-15(21)7-13(19-20)11-3-5-12(16-2)6-4-11/h3-6,8-9,16H,7H2,1-2H3. The zero-order valence-electron chi connectivity index (χ0n) is 11.9. The van der Waals surface area contributed by atoms with Gasteiger partial charge in [0.05, 0.1) is 30.2 Å². The van der Waals surface area contributed by atoms with E-state index < -0.39 is 0 Å². The summed E-state index contributed by atoms with van der Waals surface area (Å²) in [5.41, 5.74) is 3.50. The van der Waals surface area contributed by atoms with Gasteiger partial charge < -0.3 is 5.32 Å². The van der Waals surface area contributed by atoms with E-state index in [2.05, 4.69) is 20.4 Å². The van der Waals surface area contributed by atoms with Crippen molar-refractivity contribution in [1.29, 1.82) is 0 Å². The molecule has 1 N–H and O–H groups in total. The Bertz CT molecular complexity index is 691. The summed E-state index contributed by atoms with van der Waals surface area (Å²) in [7, 11) is 1.86. The van der Waals surface area contributed by atoms with Crippen molar-refractivity contribution in [3.63, 3.8) is 0 Å². The Morgan fingerprint density at radius 2 is 1.90 bits per heavy atom. The Morgan fingerprint density at radius 1 is 1.14 bits per heavy atom. The van der Waals surface area contributed by atoms with E-state index in [1.807, 2.05) is 38.2 Å². The minimum Gasteiger partial charge on any atom is -0.388 e. The van der Waals surface area contributed by atoms with Crippen molar-refractivity contribution in [3.05, 3.63) is 47.9 Å². The summed E-state index contributed by atoms with van der Waals surface area (Å²) in [5.74, 6) is 0.355. The number of aromatic nitrogens is 2. The van der Waals surface area contributed by atoms with Crippen LogP contribution in [0.1, 0.15) is 17.7 Å². The van der Waals surface area contributed by atoms with Crippen molar-refractivity contribution in [2.75, 3.05) is 17.4 Å². The lowest BCUT2D eigenvalue weighted by Crippen LogP contribution is -2.20. The van der Waals surface area contributed by atoms with Crippen LogP contribution in [0.15, 0.2) is 41.8 Å². The monoisotopic (exact) mass is 281 g/mol. The van der Waals surface area contributed by atoms with Crippen LogP contribution in [0.4, 0.5) is 11.5 Å². The summed E-state index contributed by atoms with van der Waals surface area (Å²) in [4.78, 5) is 20.4. The summed E-state index contributed by atoms with van der Waals surface area (Å²) < 4.78 is 0. The van der Waals surface area contributed by atoms with Crippen LogP contribution in [-0.2, 0) is 4.79 Å². The maximum Gasteiger partial charge on any atom is 0.254 e. The zero-order chi connectivity index (χ0) is 14.8. The number of carbonyl (C=O) groups excluding carboxylic acids is 1. The quantitative estimate of drug-likeness (QED) is 0.933. The van der Waals surface area contributed by atoms with Gasteiger partial charge in [-0.1, -0.05) is 12.1 Å². The number of rotatable bonds is 3. The third-order valence-corrected chi connectivity index (χ3v) is 3.27. The van der Waals surface area contributed by atoms with Crippen LogP contribution in [0.5, 0.6) is 0 Å². The Balaban J connectivity index is 1.89. The molecule has 0 saturated heterocycles. The first kappa shape index (κ1) is 13.2. The minimum absolute atomic E-state index is 0.0964. The van der Waals surface area contributed by atoms with Gasteiger partial charge in [-0.3, -0.25) is 9.78 Å². The number of hydrogen-bond acceptors (Lipinski definition) is 5. The van der Waals surface area contributed by atoms with Crippen molar-refractivity contribution in [2.24, 2.45) is 5.10 Å². The molecule has 0 saturated carbocycles. The highest BCUT2D eigenvalue weighted by Crippen LogP contribution is 2.21. The first-order valence-corrected chi connectivity index (χ1v) is 6.64. The van der Waals surface area contributed by atoms with Crippen LogP contribution < -0.4 is 10.3 Å². The van der Waals surface area contributed by atoms with Crippen molar-refractivity contribution in [3.8, 4) is 0 Å². The van der Waals surface area contributed by atoms with Crippen molar-refractivity contribution < 1.29 is 4.79 Å². The fraction of sp³-hybridized carbons (Fsp3) is 0.200. The Labute approximate surface area is 122 Å². The number of amides is 1. The van der Waals surface area contributed by atoms with E-state index in [1.165, 1.54) is 5.01 Å². The number of benzene rings is 1. The van der Waals surface area contributed by atoms with Crippen LogP contribution in [0.25, 0.3) is 0 Å². The minimum atomic E-state index is -0.0964. The Kier molecular flexibility index (Phi) is 3.35. The molecule has 0 aliphatic carbocycles. The van der Waals surface area contributed by atoms with Gasteiger partial charge in [-0.2, -0.15) is 10.1 Å². The highest BCUT2D eigenvalue weighted by molar-refractivity contribution is 6.19. The summed E-state index contributed by atoms with van der Waals surface area (Å²) in [5, 5.41) is 8.74. The van der Waals surface area contributed by atoms with Gasteiger partial charge in [0, 0.05) is 12.7 Å². The maximum absolute atomic E-state index is 12.1. The lowest BCUT2D eigenvalue weighted by Gasteiger charge is -2.09. The molecule has 106 valence electrons. The summed E-state index contributed by atoms with van der Waals surface area (Å²) in [6, 6.07) is 7.80. The van der Waals surface area contributed by atoms with Gasteiger partial charge in [0.25, 0.3) is 5.91 Å². The predicted molar refractivity (Wildman–Crippen MR) is 81.4 cm³/mol. The van der Waals surface area contributed by atoms with E-state index in [4.69, 9.17) is 0 Å². The smallest absolute Gasteiger partial charge is 0.254 e.